The average Bonchev–Trinajstić information content (AvgIpc) is 2.34. The highest BCUT2D eigenvalue weighted by atomic mass is 19.3. The van der Waals surface area contributed by atoms with Gasteiger partial charge in [0.1, 0.15) is 0 Å². The Morgan fingerprint density at radius 2 is 1.47 bits per heavy atom. The Labute approximate surface area is 102 Å². The molecule has 0 heterocycles. The van der Waals surface area contributed by atoms with Gasteiger partial charge in [0.15, 0.2) is 11.5 Å². The SMILES string of the molecule is COc1ccc(OC(F)(F)C(F)=C(F)F)c(F)c1F. The van der Waals surface area contributed by atoms with E-state index >= 15 is 0 Å². The van der Waals surface area contributed by atoms with E-state index < -0.39 is 41.1 Å². The lowest BCUT2D eigenvalue weighted by atomic mass is 10.3. The van der Waals surface area contributed by atoms with Crippen LogP contribution >= 0.6 is 0 Å². The first-order valence-electron chi connectivity index (χ1n) is 4.50. The molecule has 0 aliphatic rings. The zero-order valence-corrected chi connectivity index (χ0v) is 9.12. The van der Waals surface area contributed by atoms with Crippen molar-refractivity contribution in [2.45, 2.75) is 6.11 Å². The molecule has 0 unspecified atom stereocenters. The molecule has 0 radical (unpaired) electrons. The number of alkyl halides is 2. The van der Waals surface area contributed by atoms with E-state index in [-0.39, 0.29) is 0 Å². The Morgan fingerprint density at radius 3 is 1.95 bits per heavy atom. The summed E-state index contributed by atoms with van der Waals surface area (Å²) in [5.74, 6) is -8.87. The van der Waals surface area contributed by atoms with Gasteiger partial charge in [0.2, 0.25) is 11.6 Å². The number of hydrogen-bond acceptors (Lipinski definition) is 2. The van der Waals surface area contributed by atoms with Crippen LogP contribution in [0.15, 0.2) is 24.0 Å². The number of methoxy groups -OCH3 is 1. The summed E-state index contributed by atoms with van der Waals surface area (Å²) in [7, 11) is 0.980. The fourth-order valence-electron chi connectivity index (χ4n) is 1.04. The number of hydrogen-bond donors (Lipinski definition) is 0. The summed E-state index contributed by atoms with van der Waals surface area (Å²) in [5.41, 5.74) is 0. The zero-order valence-electron chi connectivity index (χ0n) is 9.12. The predicted octanol–water partition coefficient (Wildman–Crippen LogP) is 4.02. The van der Waals surface area contributed by atoms with Crippen LogP contribution in [0.2, 0.25) is 0 Å². The highest BCUT2D eigenvalue weighted by molar-refractivity contribution is 5.35. The molecule has 19 heavy (non-hydrogen) atoms. The first kappa shape index (κ1) is 15.1. The van der Waals surface area contributed by atoms with Gasteiger partial charge < -0.3 is 9.47 Å². The van der Waals surface area contributed by atoms with Crippen molar-refractivity contribution in [2.24, 2.45) is 0 Å². The van der Waals surface area contributed by atoms with Crippen LogP contribution in [0.25, 0.3) is 0 Å². The lowest BCUT2D eigenvalue weighted by Crippen LogP contribution is -2.26. The number of ether oxygens (including phenoxy) is 2. The fraction of sp³-hybridized carbons (Fsp3) is 0.200. The molecule has 0 spiro atoms. The predicted molar refractivity (Wildman–Crippen MR) is 48.8 cm³/mol. The van der Waals surface area contributed by atoms with Crippen molar-refractivity contribution in [2.75, 3.05) is 7.11 Å². The molecule has 0 atom stereocenters. The largest absolute Gasteiger partial charge is 0.494 e. The summed E-state index contributed by atoms with van der Waals surface area (Å²) in [4.78, 5) is 0. The Kier molecular flexibility index (Phi) is 4.28. The zero-order chi connectivity index (χ0) is 14.8. The molecule has 1 aromatic rings. The second kappa shape index (κ2) is 5.37. The molecule has 0 saturated carbocycles. The smallest absolute Gasteiger partial charge is 0.459 e. The molecular weight excluding hydrogens is 285 g/mol. The quantitative estimate of drug-likeness (QED) is 0.780. The molecular formula is C10H5F7O2. The fourth-order valence-corrected chi connectivity index (χ4v) is 1.04. The lowest BCUT2D eigenvalue weighted by Gasteiger charge is -2.16. The van der Waals surface area contributed by atoms with Gasteiger partial charge in [0, 0.05) is 0 Å². The van der Waals surface area contributed by atoms with Crippen LogP contribution in [0, 0.1) is 11.6 Å². The van der Waals surface area contributed by atoms with Crippen molar-refractivity contribution >= 4 is 0 Å². The normalized spacial score (nSPS) is 11.2. The Morgan fingerprint density at radius 1 is 1.00 bits per heavy atom. The summed E-state index contributed by atoms with van der Waals surface area (Å²) in [6.07, 6.45) is -8.46. The Bertz CT molecular complexity index is 509. The van der Waals surface area contributed by atoms with E-state index in [0.717, 1.165) is 7.11 Å². The van der Waals surface area contributed by atoms with E-state index in [1.54, 1.807) is 0 Å². The van der Waals surface area contributed by atoms with E-state index in [1.807, 2.05) is 0 Å². The van der Waals surface area contributed by atoms with Crippen LogP contribution in [0.5, 0.6) is 11.5 Å². The van der Waals surface area contributed by atoms with Crippen LogP contribution < -0.4 is 9.47 Å². The van der Waals surface area contributed by atoms with E-state index in [0.29, 0.717) is 12.1 Å². The summed E-state index contributed by atoms with van der Waals surface area (Å²) < 4.78 is 95.4. The maximum absolute atomic E-state index is 13.2. The minimum absolute atomic E-state index is 0.481. The van der Waals surface area contributed by atoms with Crippen molar-refractivity contribution < 1.29 is 40.2 Å². The number of halogens is 7. The molecule has 0 saturated heterocycles. The van der Waals surface area contributed by atoms with Gasteiger partial charge >= 0.3 is 12.2 Å². The first-order chi connectivity index (χ1) is 8.70. The summed E-state index contributed by atoms with van der Waals surface area (Å²) in [6.45, 7) is 0. The number of rotatable bonds is 4. The third-order valence-electron chi connectivity index (χ3n) is 1.89. The molecule has 0 fully saturated rings. The highest BCUT2D eigenvalue weighted by Gasteiger charge is 2.43. The van der Waals surface area contributed by atoms with Crippen LogP contribution in [0.1, 0.15) is 0 Å². The number of benzene rings is 1. The maximum atomic E-state index is 13.2. The van der Waals surface area contributed by atoms with Gasteiger partial charge in [-0.3, -0.25) is 0 Å². The van der Waals surface area contributed by atoms with E-state index in [1.165, 1.54) is 0 Å². The first-order valence-corrected chi connectivity index (χ1v) is 4.50. The average molecular weight is 290 g/mol. The molecule has 0 aliphatic heterocycles. The standard InChI is InChI=1S/C10H5F7O2/c1-18-4-2-3-5(7(12)6(4)11)19-10(16,17)8(13)9(14)15/h2-3H,1H3. The van der Waals surface area contributed by atoms with Gasteiger partial charge in [-0.25, -0.2) is 0 Å². The summed E-state index contributed by atoms with van der Waals surface area (Å²) in [6, 6.07) is 1.19. The second-order valence-electron chi connectivity index (χ2n) is 3.09. The van der Waals surface area contributed by atoms with Crippen molar-refractivity contribution in [3.63, 3.8) is 0 Å². The third kappa shape index (κ3) is 3.09. The molecule has 2 nitrogen and oxygen atoms in total. The highest BCUT2D eigenvalue weighted by Crippen LogP contribution is 2.35. The van der Waals surface area contributed by atoms with E-state index in [9.17, 15) is 30.7 Å². The third-order valence-corrected chi connectivity index (χ3v) is 1.89. The monoisotopic (exact) mass is 290 g/mol. The van der Waals surface area contributed by atoms with Gasteiger partial charge in [0.25, 0.3) is 5.83 Å². The minimum atomic E-state index is -5.12. The topological polar surface area (TPSA) is 18.5 Å². The van der Waals surface area contributed by atoms with Crippen LogP contribution in [-0.4, -0.2) is 13.2 Å². The minimum Gasteiger partial charge on any atom is -0.494 e. The summed E-state index contributed by atoms with van der Waals surface area (Å²) >= 11 is 0. The Balaban J connectivity index is 3.14. The molecule has 0 N–H and O–H groups in total. The van der Waals surface area contributed by atoms with Gasteiger partial charge in [-0.15, -0.1) is 0 Å². The van der Waals surface area contributed by atoms with Crippen molar-refractivity contribution in [1.29, 1.82) is 0 Å². The van der Waals surface area contributed by atoms with Crippen LogP contribution in [0.3, 0.4) is 0 Å². The second-order valence-corrected chi connectivity index (χ2v) is 3.09. The molecule has 0 aliphatic carbocycles. The van der Waals surface area contributed by atoms with Gasteiger partial charge in [-0.05, 0) is 12.1 Å². The summed E-state index contributed by atoms with van der Waals surface area (Å²) in [5, 5.41) is 0. The molecule has 0 aromatic heterocycles. The molecule has 1 aromatic carbocycles. The van der Waals surface area contributed by atoms with E-state index in [2.05, 4.69) is 9.47 Å². The van der Waals surface area contributed by atoms with Gasteiger partial charge in [-0.1, -0.05) is 0 Å². The van der Waals surface area contributed by atoms with Crippen molar-refractivity contribution in [3.8, 4) is 11.5 Å². The molecule has 1 rings (SSSR count). The molecule has 9 heteroatoms. The Hall–Kier alpha value is -1.93. The van der Waals surface area contributed by atoms with E-state index in [4.69, 9.17) is 0 Å². The van der Waals surface area contributed by atoms with Gasteiger partial charge in [-0.2, -0.15) is 30.7 Å². The van der Waals surface area contributed by atoms with Crippen LogP contribution in [-0.2, 0) is 0 Å². The molecule has 0 amide bonds. The van der Waals surface area contributed by atoms with Crippen LogP contribution in [0.4, 0.5) is 30.7 Å². The molecule has 106 valence electrons. The van der Waals surface area contributed by atoms with Crippen molar-refractivity contribution in [3.05, 3.63) is 35.7 Å². The molecule has 0 bridgehead atoms. The maximum Gasteiger partial charge on any atom is 0.459 e. The lowest BCUT2D eigenvalue weighted by molar-refractivity contribution is -0.161. The van der Waals surface area contributed by atoms with Gasteiger partial charge in [0.05, 0.1) is 7.11 Å². The van der Waals surface area contributed by atoms with Crippen molar-refractivity contribution in [1.82, 2.24) is 0 Å².